The molecule has 3 rings (SSSR count). The van der Waals surface area contributed by atoms with Crippen LogP contribution < -0.4 is 5.32 Å². The first kappa shape index (κ1) is 15.3. The predicted molar refractivity (Wildman–Crippen MR) is 84.6 cm³/mol. The van der Waals surface area contributed by atoms with Crippen molar-refractivity contribution in [2.75, 3.05) is 13.2 Å². The van der Waals surface area contributed by atoms with Crippen LogP contribution in [0.25, 0.3) is 0 Å². The Morgan fingerprint density at radius 3 is 2.82 bits per heavy atom. The summed E-state index contributed by atoms with van der Waals surface area (Å²) in [5.74, 6) is 1.49. The smallest absolute Gasteiger partial charge is 0.105 e. The van der Waals surface area contributed by atoms with E-state index in [1.54, 1.807) is 6.26 Å². The van der Waals surface area contributed by atoms with Crippen LogP contribution in [0.15, 0.2) is 16.7 Å². The lowest BCUT2D eigenvalue weighted by molar-refractivity contribution is 0.0893. The normalized spacial score (nSPS) is 21.6. The number of hydrogen-bond acceptors (Lipinski definition) is 4. The van der Waals surface area contributed by atoms with E-state index >= 15 is 0 Å². The molecule has 1 saturated heterocycles. The monoisotopic (exact) mass is 303 g/mol. The highest BCUT2D eigenvalue weighted by Gasteiger charge is 2.33. The topological polar surface area (TPSA) is 52.2 Å². The molecule has 0 radical (unpaired) electrons. The minimum atomic E-state index is 0.159. The van der Waals surface area contributed by atoms with Crippen molar-refractivity contribution in [2.45, 2.75) is 39.8 Å². The van der Waals surface area contributed by atoms with Gasteiger partial charge in [0, 0.05) is 49.5 Å². The number of furan rings is 1. The van der Waals surface area contributed by atoms with E-state index in [0.717, 1.165) is 37.6 Å². The van der Waals surface area contributed by atoms with Crippen molar-refractivity contribution in [3.63, 3.8) is 0 Å². The Bertz CT molecular complexity index is 644. The molecule has 1 fully saturated rings. The number of ether oxygens (including phenoxy) is 1. The molecule has 5 heteroatoms. The Balaban J connectivity index is 1.65. The summed E-state index contributed by atoms with van der Waals surface area (Å²) in [4.78, 5) is 0. The maximum Gasteiger partial charge on any atom is 0.105 e. The third-order valence-corrected chi connectivity index (χ3v) is 4.75. The fourth-order valence-corrected chi connectivity index (χ4v) is 3.35. The Labute approximate surface area is 131 Å². The van der Waals surface area contributed by atoms with Gasteiger partial charge in [-0.1, -0.05) is 0 Å². The quantitative estimate of drug-likeness (QED) is 0.923. The third-order valence-electron chi connectivity index (χ3n) is 4.75. The van der Waals surface area contributed by atoms with E-state index in [0.29, 0.717) is 5.92 Å². The second-order valence-electron chi connectivity index (χ2n) is 6.18. The van der Waals surface area contributed by atoms with Crippen molar-refractivity contribution < 1.29 is 9.15 Å². The van der Waals surface area contributed by atoms with Crippen LogP contribution in [0, 0.1) is 26.7 Å². The Hall–Kier alpha value is -1.59. The molecule has 1 aliphatic rings. The molecule has 0 saturated carbocycles. The summed E-state index contributed by atoms with van der Waals surface area (Å²) >= 11 is 0. The standard InChI is InChI=1S/C17H25N3O2/c1-11-16(12(2)20(4)19-11)17-15(6-8-22-17)10-18-9-14-5-7-21-13(14)3/h5,7,15,17-18H,6,8-10H2,1-4H3/t15-,17+/m1/s1. The molecule has 2 atom stereocenters. The Morgan fingerprint density at radius 1 is 1.36 bits per heavy atom. The highest BCUT2D eigenvalue weighted by molar-refractivity contribution is 5.28. The summed E-state index contributed by atoms with van der Waals surface area (Å²) in [5, 5.41) is 8.07. The maximum atomic E-state index is 6.03. The van der Waals surface area contributed by atoms with Crippen LogP contribution in [0.2, 0.25) is 0 Å². The second-order valence-corrected chi connectivity index (χ2v) is 6.18. The van der Waals surface area contributed by atoms with E-state index in [4.69, 9.17) is 9.15 Å². The van der Waals surface area contributed by atoms with Crippen molar-refractivity contribution >= 4 is 0 Å². The fraction of sp³-hybridized carbons (Fsp3) is 0.588. The van der Waals surface area contributed by atoms with Gasteiger partial charge < -0.3 is 14.5 Å². The van der Waals surface area contributed by atoms with Crippen LogP contribution in [-0.4, -0.2) is 22.9 Å². The van der Waals surface area contributed by atoms with Gasteiger partial charge in [0.15, 0.2) is 0 Å². The van der Waals surface area contributed by atoms with Gasteiger partial charge in [-0.2, -0.15) is 5.10 Å². The van der Waals surface area contributed by atoms with Gasteiger partial charge in [0.25, 0.3) is 0 Å². The molecule has 0 amide bonds. The first-order valence-corrected chi connectivity index (χ1v) is 7.93. The van der Waals surface area contributed by atoms with Gasteiger partial charge in [0.1, 0.15) is 5.76 Å². The van der Waals surface area contributed by atoms with Crippen LogP contribution in [0.4, 0.5) is 0 Å². The molecular formula is C17H25N3O2. The van der Waals surface area contributed by atoms with Crippen LogP contribution in [0.1, 0.15) is 40.8 Å². The third kappa shape index (κ3) is 2.83. The minimum Gasteiger partial charge on any atom is -0.469 e. The molecule has 0 spiro atoms. The van der Waals surface area contributed by atoms with Gasteiger partial charge in [0.2, 0.25) is 0 Å². The molecule has 5 nitrogen and oxygen atoms in total. The molecule has 0 unspecified atom stereocenters. The number of hydrogen-bond donors (Lipinski definition) is 1. The Morgan fingerprint density at radius 2 is 2.18 bits per heavy atom. The molecular weight excluding hydrogens is 278 g/mol. The van der Waals surface area contributed by atoms with Crippen molar-refractivity contribution in [2.24, 2.45) is 13.0 Å². The van der Waals surface area contributed by atoms with E-state index in [9.17, 15) is 0 Å². The lowest BCUT2D eigenvalue weighted by Crippen LogP contribution is -2.25. The highest BCUT2D eigenvalue weighted by Crippen LogP contribution is 2.37. The molecule has 0 bridgehead atoms. The number of aromatic nitrogens is 2. The summed E-state index contributed by atoms with van der Waals surface area (Å²) in [7, 11) is 2.00. The maximum absolute atomic E-state index is 6.03. The van der Waals surface area contributed by atoms with Crippen LogP contribution in [0.5, 0.6) is 0 Å². The minimum absolute atomic E-state index is 0.159. The lowest BCUT2D eigenvalue weighted by Gasteiger charge is -2.20. The molecule has 3 heterocycles. The molecule has 1 N–H and O–H groups in total. The zero-order chi connectivity index (χ0) is 15.7. The summed E-state index contributed by atoms with van der Waals surface area (Å²) in [6.07, 6.45) is 3.00. The average Bonchev–Trinajstić information content (AvgIpc) is 3.14. The number of rotatable bonds is 5. The van der Waals surface area contributed by atoms with Crippen LogP contribution in [0.3, 0.4) is 0 Å². The van der Waals surface area contributed by atoms with Gasteiger partial charge in [0.05, 0.1) is 18.1 Å². The molecule has 2 aromatic heterocycles. The molecule has 0 aliphatic carbocycles. The molecule has 1 aliphatic heterocycles. The zero-order valence-electron chi connectivity index (χ0n) is 13.8. The van der Waals surface area contributed by atoms with Crippen molar-refractivity contribution in [1.82, 2.24) is 15.1 Å². The van der Waals surface area contributed by atoms with E-state index in [2.05, 4.69) is 24.3 Å². The van der Waals surface area contributed by atoms with Crippen LogP contribution >= 0.6 is 0 Å². The number of nitrogens with zero attached hydrogens (tertiary/aromatic N) is 2. The summed E-state index contributed by atoms with van der Waals surface area (Å²) < 4.78 is 13.3. The summed E-state index contributed by atoms with van der Waals surface area (Å²) in [6.45, 7) is 8.82. The summed E-state index contributed by atoms with van der Waals surface area (Å²) in [6, 6.07) is 2.03. The zero-order valence-corrected chi connectivity index (χ0v) is 13.8. The van der Waals surface area contributed by atoms with Gasteiger partial charge in [-0.05, 0) is 33.3 Å². The van der Waals surface area contributed by atoms with Crippen molar-refractivity contribution in [1.29, 1.82) is 0 Å². The first-order valence-electron chi connectivity index (χ1n) is 7.93. The molecule has 120 valence electrons. The largest absolute Gasteiger partial charge is 0.469 e. The van der Waals surface area contributed by atoms with Gasteiger partial charge in [-0.15, -0.1) is 0 Å². The van der Waals surface area contributed by atoms with Gasteiger partial charge >= 0.3 is 0 Å². The highest BCUT2D eigenvalue weighted by atomic mass is 16.5. The molecule has 22 heavy (non-hydrogen) atoms. The second kappa shape index (κ2) is 6.26. The van der Waals surface area contributed by atoms with Gasteiger partial charge in [-0.25, -0.2) is 0 Å². The number of nitrogens with one attached hydrogen (secondary N) is 1. The average molecular weight is 303 g/mol. The first-order chi connectivity index (χ1) is 10.6. The molecule has 0 aromatic carbocycles. The van der Waals surface area contributed by atoms with Gasteiger partial charge in [-0.3, -0.25) is 4.68 Å². The number of aryl methyl sites for hydroxylation is 3. The SMILES string of the molecule is Cc1nn(C)c(C)c1[C@H]1OCC[C@@H]1CNCc1ccoc1C. The van der Waals surface area contributed by atoms with E-state index in [1.807, 2.05) is 24.7 Å². The van der Waals surface area contributed by atoms with Crippen molar-refractivity contribution in [3.8, 4) is 0 Å². The molecule has 2 aromatic rings. The van der Waals surface area contributed by atoms with E-state index in [-0.39, 0.29) is 6.10 Å². The summed E-state index contributed by atoms with van der Waals surface area (Å²) in [5.41, 5.74) is 4.79. The van der Waals surface area contributed by atoms with Crippen LogP contribution in [-0.2, 0) is 18.3 Å². The predicted octanol–water partition coefficient (Wildman–Crippen LogP) is 2.81. The van der Waals surface area contributed by atoms with Crippen molar-refractivity contribution in [3.05, 3.63) is 40.6 Å². The van der Waals surface area contributed by atoms with E-state index < -0.39 is 0 Å². The fourth-order valence-electron chi connectivity index (χ4n) is 3.35. The van der Waals surface area contributed by atoms with E-state index in [1.165, 1.54) is 16.8 Å². The lowest BCUT2D eigenvalue weighted by atomic mass is 9.94. The Kier molecular flexibility index (Phi) is 4.36.